The number of nitrogens with one attached hydrogen (secondary N) is 2. The van der Waals surface area contributed by atoms with E-state index in [-0.39, 0.29) is 11.8 Å². The van der Waals surface area contributed by atoms with Gasteiger partial charge in [0.1, 0.15) is 0 Å². The van der Waals surface area contributed by atoms with Crippen molar-refractivity contribution in [3.63, 3.8) is 0 Å². The van der Waals surface area contributed by atoms with Crippen LogP contribution in [0.25, 0.3) is 0 Å². The monoisotopic (exact) mass is 342 g/mol. The predicted molar refractivity (Wildman–Crippen MR) is 99.9 cm³/mol. The van der Waals surface area contributed by atoms with Crippen LogP contribution < -0.4 is 10.6 Å². The van der Waals surface area contributed by atoms with E-state index in [1.165, 1.54) is 11.8 Å². The van der Waals surface area contributed by atoms with E-state index in [9.17, 15) is 9.59 Å². The van der Waals surface area contributed by atoms with E-state index in [0.717, 1.165) is 17.7 Å². The number of unbranched alkanes of at least 4 members (excludes halogenated alkanes) is 1. The van der Waals surface area contributed by atoms with Gasteiger partial charge in [-0.25, -0.2) is 0 Å². The van der Waals surface area contributed by atoms with Crippen molar-refractivity contribution in [2.45, 2.75) is 24.7 Å². The molecular formula is C19H22N2O2S. The molecule has 24 heavy (non-hydrogen) atoms. The Morgan fingerprint density at radius 1 is 0.958 bits per heavy atom. The van der Waals surface area contributed by atoms with Gasteiger partial charge >= 0.3 is 0 Å². The summed E-state index contributed by atoms with van der Waals surface area (Å²) in [6.07, 6.45) is 3.88. The van der Waals surface area contributed by atoms with Gasteiger partial charge in [0, 0.05) is 11.4 Å². The van der Waals surface area contributed by atoms with Crippen molar-refractivity contribution >= 4 is 29.3 Å². The Labute approximate surface area is 147 Å². The van der Waals surface area contributed by atoms with E-state index < -0.39 is 0 Å². The number of para-hydroxylation sites is 1. The maximum atomic E-state index is 12.6. The Kier molecular flexibility index (Phi) is 6.88. The molecule has 0 radical (unpaired) electrons. The first-order valence-corrected chi connectivity index (χ1v) is 9.21. The minimum absolute atomic E-state index is 0.169. The zero-order valence-corrected chi connectivity index (χ0v) is 14.8. The lowest BCUT2D eigenvalue weighted by Crippen LogP contribution is -2.26. The van der Waals surface area contributed by atoms with Crippen molar-refractivity contribution in [3.8, 4) is 0 Å². The number of rotatable bonds is 7. The maximum Gasteiger partial charge on any atom is 0.256 e. The first kappa shape index (κ1) is 18.1. The quantitative estimate of drug-likeness (QED) is 0.586. The molecule has 2 amide bonds. The summed E-state index contributed by atoms with van der Waals surface area (Å²) in [5, 5.41) is 5.74. The number of amides is 2. The minimum Gasteiger partial charge on any atom is -0.352 e. The van der Waals surface area contributed by atoms with Gasteiger partial charge in [-0.15, -0.1) is 11.8 Å². The summed E-state index contributed by atoms with van der Waals surface area (Å²) in [6, 6.07) is 14.5. The summed E-state index contributed by atoms with van der Waals surface area (Å²) in [5.74, 6) is -0.383. The molecule has 2 rings (SSSR count). The molecule has 2 aromatic carbocycles. The van der Waals surface area contributed by atoms with Gasteiger partial charge in [-0.1, -0.05) is 37.6 Å². The Hall–Kier alpha value is -2.27. The molecule has 0 unspecified atom stereocenters. The van der Waals surface area contributed by atoms with Gasteiger partial charge in [-0.3, -0.25) is 9.59 Å². The lowest BCUT2D eigenvalue weighted by atomic mass is 10.1. The molecule has 0 atom stereocenters. The third kappa shape index (κ3) is 4.61. The fourth-order valence-corrected chi connectivity index (χ4v) is 2.88. The molecule has 5 heteroatoms. The molecule has 0 bridgehead atoms. The zero-order chi connectivity index (χ0) is 17.4. The van der Waals surface area contributed by atoms with Gasteiger partial charge in [0.25, 0.3) is 11.8 Å². The molecule has 0 saturated heterocycles. The molecule has 0 spiro atoms. The predicted octanol–water partition coefficient (Wildman–Crippen LogP) is 4.19. The van der Waals surface area contributed by atoms with Gasteiger partial charge in [-0.05, 0) is 36.9 Å². The van der Waals surface area contributed by atoms with Crippen molar-refractivity contribution in [3.05, 3.63) is 59.7 Å². The molecule has 0 aliphatic carbocycles. The van der Waals surface area contributed by atoms with Crippen molar-refractivity contribution in [1.29, 1.82) is 0 Å². The van der Waals surface area contributed by atoms with Gasteiger partial charge in [0.15, 0.2) is 0 Å². The highest BCUT2D eigenvalue weighted by Gasteiger charge is 2.15. The molecule has 0 saturated carbocycles. The van der Waals surface area contributed by atoms with Gasteiger partial charge in [-0.2, -0.15) is 0 Å². The number of anilines is 1. The molecule has 0 fully saturated rings. The molecule has 0 heterocycles. The first-order valence-electron chi connectivity index (χ1n) is 7.99. The lowest BCUT2D eigenvalue weighted by molar-refractivity contribution is 0.0954. The lowest BCUT2D eigenvalue weighted by Gasteiger charge is -2.12. The Bertz CT molecular complexity index is 716. The second kappa shape index (κ2) is 9.13. The molecule has 4 nitrogen and oxygen atoms in total. The van der Waals surface area contributed by atoms with E-state index in [1.54, 1.807) is 30.3 Å². The van der Waals surface area contributed by atoms with Gasteiger partial charge in [0.05, 0.1) is 16.8 Å². The van der Waals surface area contributed by atoms with Crippen LogP contribution in [0.4, 0.5) is 5.69 Å². The van der Waals surface area contributed by atoms with E-state index >= 15 is 0 Å². The topological polar surface area (TPSA) is 58.2 Å². The smallest absolute Gasteiger partial charge is 0.256 e. The molecule has 2 aromatic rings. The molecule has 0 aromatic heterocycles. The van der Waals surface area contributed by atoms with Crippen LogP contribution in [0.5, 0.6) is 0 Å². The van der Waals surface area contributed by atoms with Crippen LogP contribution in [-0.2, 0) is 0 Å². The number of hydrogen-bond acceptors (Lipinski definition) is 3. The third-order valence-electron chi connectivity index (χ3n) is 3.59. The maximum absolute atomic E-state index is 12.6. The van der Waals surface area contributed by atoms with Crippen molar-refractivity contribution in [1.82, 2.24) is 5.32 Å². The van der Waals surface area contributed by atoms with E-state index in [4.69, 9.17) is 0 Å². The highest BCUT2D eigenvalue weighted by atomic mass is 32.2. The standard InChI is InChI=1S/C19H22N2O2S/c1-3-4-13-20-18(22)14-9-5-7-11-16(14)21-19(23)15-10-6-8-12-17(15)24-2/h5-12H,3-4,13H2,1-2H3,(H,20,22)(H,21,23). The average Bonchev–Trinajstić information content (AvgIpc) is 2.62. The Balaban J connectivity index is 2.18. The molecule has 0 aliphatic rings. The summed E-state index contributed by atoms with van der Waals surface area (Å²) in [5.41, 5.74) is 1.60. The molecule has 126 valence electrons. The van der Waals surface area contributed by atoms with E-state index in [1.807, 2.05) is 24.5 Å². The summed E-state index contributed by atoms with van der Waals surface area (Å²) in [6.45, 7) is 2.70. The number of carbonyl (C=O) groups excluding carboxylic acids is 2. The fraction of sp³-hybridized carbons (Fsp3) is 0.263. The molecule has 0 aliphatic heterocycles. The van der Waals surface area contributed by atoms with Crippen LogP contribution in [-0.4, -0.2) is 24.6 Å². The second-order valence-electron chi connectivity index (χ2n) is 5.31. The molecular weight excluding hydrogens is 320 g/mol. The van der Waals surface area contributed by atoms with Gasteiger partial charge in [0.2, 0.25) is 0 Å². The molecule has 2 N–H and O–H groups in total. The van der Waals surface area contributed by atoms with Crippen LogP contribution >= 0.6 is 11.8 Å². The van der Waals surface area contributed by atoms with Crippen molar-refractivity contribution in [2.75, 3.05) is 18.1 Å². The highest BCUT2D eigenvalue weighted by molar-refractivity contribution is 7.98. The van der Waals surface area contributed by atoms with Crippen LogP contribution in [0, 0.1) is 0 Å². The number of benzene rings is 2. The van der Waals surface area contributed by atoms with Crippen molar-refractivity contribution in [2.24, 2.45) is 0 Å². The normalized spacial score (nSPS) is 10.2. The average molecular weight is 342 g/mol. The van der Waals surface area contributed by atoms with E-state index in [2.05, 4.69) is 17.6 Å². The minimum atomic E-state index is -0.214. The zero-order valence-electron chi connectivity index (χ0n) is 14.0. The van der Waals surface area contributed by atoms with Crippen LogP contribution in [0.1, 0.15) is 40.5 Å². The SMILES string of the molecule is CCCCNC(=O)c1ccccc1NC(=O)c1ccccc1SC. The number of hydrogen-bond donors (Lipinski definition) is 2. The van der Waals surface area contributed by atoms with Gasteiger partial charge < -0.3 is 10.6 Å². The van der Waals surface area contributed by atoms with Crippen LogP contribution in [0.15, 0.2) is 53.4 Å². The van der Waals surface area contributed by atoms with Crippen LogP contribution in [0.3, 0.4) is 0 Å². The van der Waals surface area contributed by atoms with Crippen molar-refractivity contribution < 1.29 is 9.59 Å². The third-order valence-corrected chi connectivity index (χ3v) is 4.38. The second-order valence-corrected chi connectivity index (χ2v) is 6.16. The Morgan fingerprint density at radius 3 is 2.33 bits per heavy atom. The first-order chi connectivity index (χ1) is 11.7. The van der Waals surface area contributed by atoms with Crippen LogP contribution in [0.2, 0.25) is 0 Å². The summed E-state index contributed by atoms with van der Waals surface area (Å²) >= 11 is 1.52. The highest BCUT2D eigenvalue weighted by Crippen LogP contribution is 2.22. The fourth-order valence-electron chi connectivity index (χ4n) is 2.29. The van der Waals surface area contributed by atoms with E-state index in [0.29, 0.717) is 23.4 Å². The number of thioether (sulfide) groups is 1. The summed E-state index contributed by atoms with van der Waals surface area (Å²) in [4.78, 5) is 25.8. The Morgan fingerprint density at radius 2 is 1.62 bits per heavy atom. The number of carbonyl (C=O) groups is 2. The largest absolute Gasteiger partial charge is 0.352 e. The summed E-state index contributed by atoms with van der Waals surface area (Å²) < 4.78 is 0. The summed E-state index contributed by atoms with van der Waals surface area (Å²) in [7, 11) is 0.